The van der Waals surface area contributed by atoms with Gasteiger partial charge in [0.25, 0.3) is 0 Å². The normalized spacial score (nSPS) is 18.2. The number of hydrogen-bond donors (Lipinski definition) is 1. The molecule has 1 fully saturated rings. The molecular formula is C18H31N3. The van der Waals surface area contributed by atoms with E-state index in [0.717, 1.165) is 6.54 Å². The minimum Gasteiger partial charge on any atom is -0.356 e. The van der Waals surface area contributed by atoms with Crippen LogP contribution in [0.2, 0.25) is 0 Å². The Morgan fingerprint density at radius 2 is 2.00 bits per heavy atom. The Hall–Kier alpha value is -1.09. The molecular weight excluding hydrogens is 258 g/mol. The third-order valence-electron chi connectivity index (χ3n) is 4.69. The van der Waals surface area contributed by atoms with Crippen molar-refractivity contribution < 1.29 is 0 Å². The molecule has 1 saturated carbocycles. The van der Waals surface area contributed by atoms with Crippen LogP contribution in [0.5, 0.6) is 0 Å². The van der Waals surface area contributed by atoms with E-state index in [4.69, 9.17) is 4.98 Å². The van der Waals surface area contributed by atoms with Crippen molar-refractivity contribution in [2.45, 2.75) is 70.9 Å². The zero-order chi connectivity index (χ0) is 15.1. The molecule has 21 heavy (non-hydrogen) atoms. The summed E-state index contributed by atoms with van der Waals surface area (Å²) in [5.74, 6) is 1.17. The molecule has 1 aromatic heterocycles. The SMILES string of the molecule is CCCNC(C)c1cccnc1N(C)C1CCCCCC1. The Labute approximate surface area is 130 Å². The van der Waals surface area contributed by atoms with Crippen LogP contribution in [-0.4, -0.2) is 24.6 Å². The lowest BCUT2D eigenvalue weighted by molar-refractivity contribution is 0.535. The number of pyridine rings is 1. The van der Waals surface area contributed by atoms with Crippen molar-refractivity contribution in [3.63, 3.8) is 0 Å². The van der Waals surface area contributed by atoms with Crippen LogP contribution in [0.4, 0.5) is 5.82 Å². The van der Waals surface area contributed by atoms with Gasteiger partial charge in [0, 0.05) is 30.9 Å². The molecule has 0 bridgehead atoms. The number of rotatable bonds is 6. The maximum atomic E-state index is 4.70. The van der Waals surface area contributed by atoms with Gasteiger partial charge in [0.1, 0.15) is 5.82 Å². The zero-order valence-electron chi connectivity index (χ0n) is 13.9. The Morgan fingerprint density at radius 1 is 1.29 bits per heavy atom. The second kappa shape index (κ2) is 8.38. The van der Waals surface area contributed by atoms with Crippen LogP contribution < -0.4 is 10.2 Å². The number of nitrogens with one attached hydrogen (secondary N) is 1. The molecule has 0 aromatic carbocycles. The largest absolute Gasteiger partial charge is 0.356 e. The summed E-state index contributed by atoms with van der Waals surface area (Å²) in [7, 11) is 2.23. The Kier molecular flexibility index (Phi) is 6.50. The van der Waals surface area contributed by atoms with Gasteiger partial charge in [-0.1, -0.05) is 38.7 Å². The van der Waals surface area contributed by atoms with E-state index in [9.17, 15) is 0 Å². The van der Waals surface area contributed by atoms with E-state index in [1.54, 1.807) is 0 Å². The highest BCUT2D eigenvalue weighted by molar-refractivity contribution is 5.48. The first-order valence-electron chi connectivity index (χ1n) is 8.65. The molecule has 1 aromatic rings. The first-order chi connectivity index (χ1) is 10.2. The fraction of sp³-hybridized carbons (Fsp3) is 0.722. The van der Waals surface area contributed by atoms with Gasteiger partial charge < -0.3 is 10.2 Å². The van der Waals surface area contributed by atoms with E-state index in [0.29, 0.717) is 12.1 Å². The van der Waals surface area contributed by atoms with Crippen molar-refractivity contribution in [1.82, 2.24) is 10.3 Å². The predicted octanol–water partition coefficient (Wildman–Crippen LogP) is 4.30. The molecule has 3 heteroatoms. The van der Waals surface area contributed by atoms with Gasteiger partial charge in [-0.2, -0.15) is 0 Å². The summed E-state index contributed by atoms with van der Waals surface area (Å²) in [6.45, 7) is 5.52. The standard InChI is InChI=1S/C18H31N3/c1-4-13-19-15(2)17-12-9-14-20-18(17)21(3)16-10-7-5-6-8-11-16/h9,12,14-16,19H,4-8,10-11,13H2,1-3H3. The number of hydrogen-bond acceptors (Lipinski definition) is 3. The molecule has 1 atom stereocenters. The Balaban J connectivity index is 2.13. The molecule has 0 saturated heterocycles. The monoisotopic (exact) mass is 289 g/mol. The number of nitrogens with zero attached hydrogens (tertiary/aromatic N) is 2. The summed E-state index contributed by atoms with van der Waals surface area (Å²) < 4.78 is 0. The molecule has 1 unspecified atom stereocenters. The summed E-state index contributed by atoms with van der Waals surface area (Å²) in [6.07, 6.45) is 11.2. The second-order valence-corrected chi connectivity index (χ2v) is 6.35. The van der Waals surface area contributed by atoms with E-state index >= 15 is 0 Å². The molecule has 0 amide bonds. The predicted molar refractivity (Wildman–Crippen MR) is 90.8 cm³/mol. The van der Waals surface area contributed by atoms with E-state index in [-0.39, 0.29) is 0 Å². The Morgan fingerprint density at radius 3 is 2.67 bits per heavy atom. The molecule has 1 aliphatic carbocycles. The van der Waals surface area contributed by atoms with Crippen LogP contribution in [0.3, 0.4) is 0 Å². The minimum absolute atomic E-state index is 0.363. The van der Waals surface area contributed by atoms with Crippen molar-refractivity contribution >= 4 is 5.82 Å². The quantitative estimate of drug-likeness (QED) is 0.791. The molecule has 1 N–H and O–H groups in total. The van der Waals surface area contributed by atoms with Gasteiger partial charge in [-0.3, -0.25) is 0 Å². The molecule has 3 nitrogen and oxygen atoms in total. The highest BCUT2D eigenvalue weighted by atomic mass is 15.2. The summed E-state index contributed by atoms with van der Waals surface area (Å²) in [6, 6.07) is 5.30. The van der Waals surface area contributed by atoms with Crippen molar-refractivity contribution in [3.8, 4) is 0 Å². The van der Waals surface area contributed by atoms with Gasteiger partial charge >= 0.3 is 0 Å². The number of aromatic nitrogens is 1. The number of anilines is 1. The third-order valence-corrected chi connectivity index (χ3v) is 4.69. The van der Waals surface area contributed by atoms with Gasteiger partial charge in [-0.25, -0.2) is 4.98 Å². The van der Waals surface area contributed by atoms with Gasteiger partial charge in [0.2, 0.25) is 0 Å². The first-order valence-corrected chi connectivity index (χ1v) is 8.65. The lowest BCUT2D eigenvalue weighted by Gasteiger charge is -2.31. The van der Waals surface area contributed by atoms with Gasteiger partial charge in [0.05, 0.1) is 0 Å². The highest BCUT2D eigenvalue weighted by Crippen LogP contribution is 2.29. The fourth-order valence-electron chi connectivity index (χ4n) is 3.33. The lowest BCUT2D eigenvalue weighted by atomic mass is 10.0. The van der Waals surface area contributed by atoms with Crippen LogP contribution in [0.1, 0.15) is 70.4 Å². The van der Waals surface area contributed by atoms with E-state index < -0.39 is 0 Å². The molecule has 0 radical (unpaired) electrons. The summed E-state index contributed by atoms with van der Waals surface area (Å²) in [4.78, 5) is 7.13. The maximum Gasteiger partial charge on any atom is 0.133 e. The lowest BCUT2D eigenvalue weighted by Crippen LogP contribution is -2.33. The van der Waals surface area contributed by atoms with E-state index in [1.165, 1.54) is 56.3 Å². The van der Waals surface area contributed by atoms with Crippen molar-refractivity contribution in [1.29, 1.82) is 0 Å². The van der Waals surface area contributed by atoms with Gasteiger partial charge in [0.15, 0.2) is 0 Å². The van der Waals surface area contributed by atoms with Crippen LogP contribution in [0, 0.1) is 0 Å². The minimum atomic E-state index is 0.363. The topological polar surface area (TPSA) is 28.2 Å². The molecule has 1 aliphatic rings. The van der Waals surface area contributed by atoms with Crippen molar-refractivity contribution in [3.05, 3.63) is 23.9 Å². The fourth-order valence-corrected chi connectivity index (χ4v) is 3.33. The van der Waals surface area contributed by atoms with Crippen LogP contribution in [0.25, 0.3) is 0 Å². The van der Waals surface area contributed by atoms with Gasteiger partial charge in [-0.15, -0.1) is 0 Å². The average molecular weight is 289 g/mol. The smallest absolute Gasteiger partial charge is 0.133 e. The van der Waals surface area contributed by atoms with E-state index in [1.807, 2.05) is 6.20 Å². The molecule has 0 aliphatic heterocycles. The van der Waals surface area contributed by atoms with Gasteiger partial charge in [-0.05, 0) is 38.8 Å². The second-order valence-electron chi connectivity index (χ2n) is 6.35. The molecule has 0 spiro atoms. The summed E-state index contributed by atoms with van der Waals surface area (Å²) in [5.41, 5.74) is 1.33. The average Bonchev–Trinajstić information content (AvgIpc) is 2.81. The summed E-state index contributed by atoms with van der Waals surface area (Å²) >= 11 is 0. The van der Waals surface area contributed by atoms with Crippen molar-refractivity contribution in [2.75, 3.05) is 18.5 Å². The molecule has 118 valence electrons. The third kappa shape index (κ3) is 4.44. The summed E-state index contributed by atoms with van der Waals surface area (Å²) in [5, 5.41) is 3.59. The van der Waals surface area contributed by atoms with E-state index in [2.05, 4.69) is 43.2 Å². The first kappa shape index (κ1) is 16.3. The molecule has 2 rings (SSSR count). The maximum absolute atomic E-state index is 4.70. The highest BCUT2D eigenvalue weighted by Gasteiger charge is 2.21. The Bertz CT molecular complexity index is 411. The van der Waals surface area contributed by atoms with Crippen LogP contribution >= 0.6 is 0 Å². The van der Waals surface area contributed by atoms with Crippen LogP contribution in [0.15, 0.2) is 18.3 Å². The van der Waals surface area contributed by atoms with Crippen LogP contribution in [-0.2, 0) is 0 Å². The van der Waals surface area contributed by atoms with Crippen molar-refractivity contribution in [2.24, 2.45) is 0 Å². The molecule has 1 heterocycles. The zero-order valence-corrected chi connectivity index (χ0v) is 13.9.